The summed E-state index contributed by atoms with van der Waals surface area (Å²) in [6.07, 6.45) is 0. The van der Waals surface area contributed by atoms with E-state index in [2.05, 4.69) is 20.6 Å². The number of rotatable bonds is 7. The number of methoxy groups -OCH3 is 1. The Morgan fingerprint density at radius 1 is 1.22 bits per heavy atom. The summed E-state index contributed by atoms with van der Waals surface area (Å²) < 4.78 is 11.2. The number of nitrogens with zero attached hydrogens (tertiary/aromatic N) is 3. The molecule has 0 saturated carbocycles. The summed E-state index contributed by atoms with van der Waals surface area (Å²) >= 11 is 0. The zero-order valence-electron chi connectivity index (χ0n) is 15.4. The van der Waals surface area contributed by atoms with E-state index in [0.29, 0.717) is 35.4 Å². The van der Waals surface area contributed by atoms with Gasteiger partial charge in [0.1, 0.15) is 11.5 Å². The van der Waals surface area contributed by atoms with Gasteiger partial charge in [-0.15, -0.1) is 10.2 Å². The van der Waals surface area contributed by atoms with Crippen molar-refractivity contribution in [3.8, 4) is 34.0 Å². The molecule has 0 spiro atoms. The lowest BCUT2D eigenvalue weighted by atomic mass is 9.95. The van der Waals surface area contributed by atoms with E-state index in [4.69, 9.17) is 15.2 Å². The van der Waals surface area contributed by atoms with Crippen LogP contribution in [-0.4, -0.2) is 40.2 Å². The molecule has 0 radical (unpaired) electrons. The molecule has 1 amide bonds. The Hall–Kier alpha value is -3.42. The molecule has 1 heterocycles. The number of aromatic amines is 1. The number of nitrogens with two attached hydrogens (primary N) is 1. The molecular formula is C19H21N5O3. The van der Waals surface area contributed by atoms with Crippen LogP contribution in [0.4, 0.5) is 0 Å². The van der Waals surface area contributed by atoms with Crippen molar-refractivity contribution < 1.29 is 14.3 Å². The van der Waals surface area contributed by atoms with Crippen molar-refractivity contribution in [1.82, 2.24) is 20.6 Å². The van der Waals surface area contributed by atoms with E-state index in [0.717, 1.165) is 11.1 Å². The monoisotopic (exact) mass is 367 g/mol. The van der Waals surface area contributed by atoms with Crippen molar-refractivity contribution in [2.45, 2.75) is 13.8 Å². The molecule has 1 aromatic heterocycles. The zero-order chi connectivity index (χ0) is 19.4. The van der Waals surface area contributed by atoms with Crippen molar-refractivity contribution in [3.63, 3.8) is 0 Å². The minimum absolute atomic E-state index is 0.266. The van der Waals surface area contributed by atoms with Crippen LogP contribution in [0, 0.1) is 5.92 Å². The highest BCUT2D eigenvalue weighted by Gasteiger charge is 2.20. The lowest BCUT2D eigenvalue weighted by Gasteiger charge is -2.16. The van der Waals surface area contributed by atoms with Crippen molar-refractivity contribution in [3.05, 3.63) is 42.0 Å². The lowest BCUT2D eigenvalue weighted by molar-refractivity contribution is 0.0995. The molecule has 0 aliphatic heterocycles. The number of H-pyrrole nitrogens is 1. The molecule has 3 N–H and O–H groups in total. The SMILES string of the molecule is COc1cccc(-c2cc(OCC(C)C)c(C(N)=O)cc2-c2nn[nH]n2)c1. The van der Waals surface area contributed by atoms with Crippen molar-refractivity contribution in [2.75, 3.05) is 13.7 Å². The van der Waals surface area contributed by atoms with Gasteiger partial charge < -0.3 is 15.2 Å². The van der Waals surface area contributed by atoms with Gasteiger partial charge in [-0.3, -0.25) is 4.79 Å². The Balaban J connectivity index is 2.21. The van der Waals surface area contributed by atoms with Gasteiger partial charge in [0.25, 0.3) is 5.91 Å². The number of primary amides is 1. The summed E-state index contributed by atoms with van der Waals surface area (Å²) in [6.45, 7) is 4.51. The lowest BCUT2D eigenvalue weighted by Crippen LogP contribution is -2.15. The molecule has 8 heteroatoms. The summed E-state index contributed by atoms with van der Waals surface area (Å²) in [5.74, 6) is 1.18. The van der Waals surface area contributed by atoms with Gasteiger partial charge in [-0.25, -0.2) is 0 Å². The second kappa shape index (κ2) is 7.86. The van der Waals surface area contributed by atoms with Crippen LogP contribution in [0.3, 0.4) is 0 Å². The fourth-order valence-corrected chi connectivity index (χ4v) is 2.64. The normalized spacial score (nSPS) is 10.8. The number of nitrogens with one attached hydrogen (secondary N) is 1. The molecular weight excluding hydrogens is 346 g/mol. The first-order chi connectivity index (χ1) is 13.0. The predicted molar refractivity (Wildman–Crippen MR) is 100 cm³/mol. The number of tetrazole rings is 1. The number of carbonyl (C=O) groups excluding carboxylic acids is 1. The molecule has 2 aromatic carbocycles. The highest BCUT2D eigenvalue weighted by molar-refractivity contribution is 5.99. The van der Waals surface area contributed by atoms with Crippen LogP contribution in [0.5, 0.6) is 11.5 Å². The number of benzene rings is 2. The second-order valence-corrected chi connectivity index (χ2v) is 6.43. The van der Waals surface area contributed by atoms with E-state index >= 15 is 0 Å². The molecule has 0 atom stereocenters. The highest BCUT2D eigenvalue weighted by atomic mass is 16.5. The maximum atomic E-state index is 12.0. The molecule has 0 aliphatic carbocycles. The van der Waals surface area contributed by atoms with Crippen LogP contribution in [-0.2, 0) is 0 Å². The number of ether oxygens (including phenoxy) is 2. The molecule has 0 fully saturated rings. The van der Waals surface area contributed by atoms with Crippen LogP contribution >= 0.6 is 0 Å². The van der Waals surface area contributed by atoms with Crippen LogP contribution in [0.2, 0.25) is 0 Å². The number of hydrogen-bond acceptors (Lipinski definition) is 6. The topological polar surface area (TPSA) is 116 Å². The molecule has 3 rings (SSSR count). The van der Waals surface area contributed by atoms with Crippen LogP contribution in [0.15, 0.2) is 36.4 Å². The largest absolute Gasteiger partial charge is 0.497 e. The summed E-state index contributed by atoms with van der Waals surface area (Å²) in [7, 11) is 1.60. The number of amides is 1. The molecule has 0 unspecified atom stereocenters. The van der Waals surface area contributed by atoms with Gasteiger partial charge in [-0.05, 0) is 46.5 Å². The Kier molecular flexibility index (Phi) is 5.35. The number of hydrogen-bond donors (Lipinski definition) is 2. The average molecular weight is 367 g/mol. The van der Waals surface area contributed by atoms with Crippen LogP contribution in [0.1, 0.15) is 24.2 Å². The zero-order valence-corrected chi connectivity index (χ0v) is 15.4. The molecule has 27 heavy (non-hydrogen) atoms. The Bertz CT molecular complexity index is 939. The minimum Gasteiger partial charge on any atom is -0.497 e. The van der Waals surface area contributed by atoms with Gasteiger partial charge in [0.05, 0.1) is 19.3 Å². The first-order valence-corrected chi connectivity index (χ1v) is 8.48. The van der Waals surface area contributed by atoms with E-state index < -0.39 is 5.91 Å². The van der Waals surface area contributed by atoms with E-state index in [1.807, 2.05) is 38.1 Å². The molecule has 140 valence electrons. The van der Waals surface area contributed by atoms with Crippen molar-refractivity contribution in [1.29, 1.82) is 0 Å². The molecule has 3 aromatic rings. The molecule has 0 saturated heterocycles. The van der Waals surface area contributed by atoms with Gasteiger partial charge in [0.15, 0.2) is 0 Å². The quantitative estimate of drug-likeness (QED) is 0.663. The van der Waals surface area contributed by atoms with Gasteiger partial charge in [-0.1, -0.05) is 26.0 Å². The van der Waals surface area contributed by atoms with Crippen LogP contribution in [0.25, 0.3) is 22.5 Å². The van der Waals surface area contributed by atoms with E-state index in [9.17, 15) is 4.79 Å². The fourth-order valence-electron chi connectivity index (χ4n) is 2.64. The van der Waals surface area contributed by atoms with Crippen molar-refractivity contribution in [2.24, 2.45) is 11.7 Å². The van der Waals surface area contributed by atoms with Gasteiger partial charge in [0, 0.05) is 5.56 Å². The van der Waals surface area contributed by atoms with Gasteiger partial charge in [0.2, 0.25) is 5.82 Å². The average Bonchev–Trinajstić information content (AvgIpc) is 3.20. The molecule has 8 nitrogen and oxygen atoms in total. The fraction of sp³-hybridized carbons (Fsp3) is 0.263. The van der Waals surface area contributed by atoms with Gasteiger partial charge >= 0.3 is 0 Å². The second-order valence-electron chi connectivity index (χ2n) is 6.43. The maximum Gasteiger partial charge on any atom is 0.252 e. The molecule has 0 bridgehead atoms. The third-order valence-electron chi connectivity index (χ3n) is 3.92. The Morgan fingerprint density at radius 3 is 2.67 bits per heavy atom. The van der Waals surface area contributed by atoms with E-state index in [1.165, 1.54) is 0 Å². The molecule has 0 aliphatic rings. The smallest absolute Gasteiger partial charge is 0.252 e. The van der Waals surface area contributed by atoms with Crippen molar-refractivity contribution >= 4 is 5.91 Å². The number of carbonyl (C=O) groups is 1. The third kappa shape index (κ3) is 4.05. The standard InChI is InChI=1S/C19H21N5O3/c1-11(2)10-27-17-9-14(12-5-4-6-13(7-12)26-3)15(8-16(17)18(20)25)19-21-23-24-22-19/h4-9,11H,10H2,1-3H3,(H2,20,25)(H,21,22,23,24). The highest BCUT2D eigenvalue weighted by Crippen LogP contribution is 2.37. The summed E-state index contributed by atoms with van der Waals surface area (Å²) in [4.78, 5) is 12.0. The maximum absolute atomic E-state index is 12.0. The number of aromatic nitrogens is 4. The third-order valence-corrected chi connectivity index (χ3v) is 3.92. The van der Waals surface area contributed by atoms with Crippen LogP contribution < -0.4 is 15.2 Å². The van der Waals surface area contributed by atoms with E-state index in [-0.39, 0.29) is 5.56 Å². The summed E-state index contributed by atoms with van der Waals surface area (Å²) in [6, 6.07) is 11.0. The first kappa shape index (κ1) is 18.4. The minimum atomic E-state index is -0.587. The Labute approximate surface area is 156 Å². The first-order valence-electron chi connectivity index (χ1n) is 8.48. The predicted octanol–water partition coefficient (Wildman–Crippen LogP) is 2.68. The summed E-state index contributed by atoms with van der Waals surface area (Å²) in [5.41, 5.74) is 8.09. The Morgan fingerprint density at radius 2 is 2.04 bits per heavy atom. The summed E-state index contributed by atoms with van der Waals surface area (Å²) in [5, 5.41) is 14.1. The van der Waals surface area contributed by atoms with Gasteiger partial charge in [-0.2, -0.15) is 5.21 Å². The van der Waals surface area contributed by atoms with E-state index in [1.54, 1.807) is 19.2 Å².